The van der Waals surface area contributed by atoms with Crippen LogP contribution in [0.15, 0.2) is 54.7 Å². The molecule has 0 fully saturated rings. The molecular formula is C26H29N5O5. The van der Waals surface area contributed by atoms with E-state index in [4.69, 9.17) is 4.74 Å². The van der Waals surface area contributed by atoms with Gasteiger partial charge in [0.05, 0.1) is 0 Å². The molecule has 5 N–H and O–H groups in total. The average Bonchev–Trinajstić information content (AvgIpc) is 3.38. The van der Waals surface area contributed by atoms with E-state index in [0.717, 1.165) is 48.4 Å². The van der Waals surface area contributed by atoms with Gasteiger partial charge in [-0.1, -0.05) is 36.4 Å². The zero-order valence-electron chi connectivity index (χ0n) is 19.8. The van der Waals surface area contributed by atoms with Crippen molar-refractivity contribution in [1.82, 2.24) is 20.6 Å². The van der Waals surface area contributed by atoms with E-state index >= 15 is 0 Å². The Kier molecular flexibility index (Phi) is 8.17. The fourth-order valence-corrected chi connectivity index (χ4v) is 3.89. The second-order valence-corrected chi connectivity index (χ2v) is 8.57. The second kappa shape index (κ2) is 11.9. The summed E-state index contributed by atoms with van der Waals surface area (Å²) in [6.07, 6.45) is 4.45. The van der Waals surface area contributed by atoms with E-state index in [0.29, 0.717) is 12.1 Å². The molecule has 1 aliphatic heterocycles. The van der Waals surface area contributed by atoms with Gasteiger partial charge in [-0.3, -0.25) is 4.79 Å². The number of carbonyl (C=O) groups excluding carboxylic acids is 2. The van der Waals surface area contributed by atoms with Crippen molar-refractivity contribution < 1.29 is 24.2 Å². The number of alkyl carbamates (subject to hydrolysis) is 1. The molecule has 2 amide bonds. The summed E-state index contributed by atoms with van der Waals surface area (Å²) in [5.74, 6) is -0.798. The minimum atomic E-state index is -1.34. The number of carbonyl (C=O) groups is 3. The van der Waals surface area contributed by atoms with Gasteiger partial charge in [-0.25, -0.2) is 14.6 Å². The van der Waals surface area contributed by atoms with Gasteiger partial charge in [0.1, 0.15) is 24.2 Å². The molecule has 1 atom stereocenters. The summed E-state index contributed by atoms with van der Waals surface area (Å²) in [5, 5.41) is 17.5. The van der Waals surface area contributed by atoms with E-state index in [1.807, 2.05) is 12.1 Å². The van der Waals surface area contributed by atoms with Crippen molar-refractivity contribution in [3.63, 3.8) is 0 Å². The summed E-state index contributed by atoms with van der Waals surface area (Å²) in [6, 6.07) is 13.6. The van der Waals surface area contributed by atoms with Gasteiger partial charge in [-0.05, 0) is 54.5 Å². The fraction of sp³-hybridized carbons (Fsp3) is 0.308. The molecule has 1 aromatic carbocycles. The van der Waals surface area contributed by atoms with E-state index < -0.39 is 24.0 Å². The summed E-state index contributed by atoms with van der Waals surface area (Å²) >= 11 is 0. The predicted molar refractivity (Wildman–Crippen MR) is 133 cm³/mol. The number of pyridine rings is 1. The summed E-state index contributed by atoms with van der Waals surface area (Å²) in [5.41, 5.74) is 4.23. The Morgan fingerprint density at radius 3 is 2.72 bits per heavy atom. The number of aromatic nitrogens is 2. The number of carboxylic acid groups (broad SMARTS) is 1. The number of fused-ring (bicyclic) bond motifs is 1. The fourth-order valence-electron chi connectivity index (χ4n) is 3.89. The van der Waals surface area contributed by atoms with Crippen molar-refractivity contribution in [2.75, 3.05) is 18.4 Å². The highest BCUT2D eigenvalue weighted by atomic mass is 16.5. The van der Waals surface area contributed by atoms with Gasteiger partial charge < -0.3 is 30.8 Å². The zero-order chi connectivity index (χ0) is 25.3. The van der Waals surface area contributed by atoms with Gasteiger partial charge in [0, 0.05) is 25.0 Å². The predicted octanol–water partition coefficient (Wildman–Crippen LogP) is 2.66. The molecule has 2 aromatic heterocycles. The third-order valence-corrected chi connectivity index (χ3v) is 5.88. The number of nitrogens with one attached hydrogen (secondary N) is 4. The van der Waals surface area contributed by atoms with Crippen molar-refractivity contribution in [3.8, 4) is 0 Å². The first kappa shape index (κ1) is 24.8. The van der Waals surface area contributed by atoms with Crippen LogP contribution >= 0.6 is 0 Å². The van der Waals surface area contributed by atoms with E-state index in [-0.39, 0.29) is 13.2 Å². The van der Waals surface area contributed by atoms with Crippen molar-refractivity contribution in [3.05, 3.63) is 82.8 Å². The number of benzene rings is 1. The summed E-state index contributed by atoms with van der Waals surface area (Å²) in [6.45, 7) is 0.649. The van der Waals surface area contributed by atoms with Crippen LogP contribution in [-0.2, 0) is 35.4 Å². The second-order valence-electron chi connectivity index (χ2n) is 8.57. The molecule has 10 nitrogen and oxygen atoms in total. The van der Waals surface area contributed by atoms with Crippen LogP contribution in [0.25, 0.3) is 0 Å². The molecule has 0 saturated carbocycles. The molecule has 0 bridgehead atoms. The summed E-state index contributed by atoms with van der Waals surface area (Å²) < 4.78 is 5.06. The number of hydrogen-bond donors (Lipinski definition) is 5. The number of aromatic amines is 1. The van der Waals surface area contributed by atoms with Crippen molar-refractivity contribution in [2.45, 2.75) is 38.3 Å². The third kappa shape index (κ3) is 6.84. The van der Waals surface area contributed by atoms with Crippen LogP contribution in [0.3, 0.4) is 0 Å². The van der Waals surface area contributed by atoms with Crippen LogP contribution in [0.4, 0.5) is 10.6 Å². The molecule has 0 unspecified atom stereocenters. The lowest BCUT2D eigenvalue weighted by atomic mass is 10.1. The number of rotatable bonds is 10. The average molecular weight is 492 g/mol. The monoisotopic (exact) mass is 491 g/mol. The molecule has 0 radical (unpaired) electrons. The topological polar surface area (TPSA) is 145 Å². The van der Waals surface area contributed by atoms with Crippen molar-refractivity contribution in [2.24, 2.45) is 0 Å². The number of ether oxygens (including phenoxy) is 1. The largest absolute Gasteiger partial charge is 0.480 e. The van der Waals surface area contributed by atoms with E-state index in [1.54, 1.807) is 36.5 Å². The van der Waals surface area contributed by atoms with Gasteiger partial charge in [-0.2, -0.15) is 0 Å². The Labute approximate surface area is 208 Å². The molecule has 0 saturated heterocycles. The molecular weight excluding hydrogens is 462 g/mol. The van der Waals surface area contributed by atoms with Crippen LogP contribution in [0.2, 0.25) is 0 Å². The number of hydrogen-bond acceptors (Lipinski definition) is 6. The Morgan fingerprint density at radius 2 is 1.92 bits per heavy atom. The molecule has 3 heterocycles. The van der Waals surface area contributed by atoms with Crippen LogP contribution in [-0.4, -0.2) is 52.2 Å². The quantitative estimate of drug-likeness (QED) is 0.293. The van der Waals surface area contributed by atoms with Crippen LogP contribution < -0.4 is 16.0 Å². The first-order valence-electron chi connectivity index (χ1n) is 11.9. The minimum absolute atomic E-state index is 0.00805. The summed E-state index contributed by atoms with van der Waals surface area (Å²) in [4.78, 5) is 43.6. The van der Waals surface area contributed by atoms with Crippen molar-refractivity contribution in [1.29, 1.82) is 0 Å². The van der Waals surface area contributed by atoms with Crippen LogP contribution in [0, 0.1) is 0 Å². The number of amides is 2. The zero-order valence-corrected chi connectivity index (χ0v) is 19.8. The molecule has 0 spiro atoms. The highest BCUT2D eigenvalue weighted by molar-refractivity contribution is 5.93. The number of H-pyrrole nitrogens is 1. The van der Waals surface area contributed by atoms with E-state index in [9.17, 15) is 19.5 Å². The lowest BCUT2D eigenvalue weighted by Gasteiger charge is -2.17. The van der Waals surface area contributed by atoms with Gasteiger partial charge in [0.15, 0.2) is 0 Å². The molecule has 188 valence electrons. The number of aryl methyl sites for hydroxylation is 3. The van der Waals surface area contributed by atoms with Gasteiger partial charge >= 0.3 is 12.1 Å². The Balaban J connectivity index is 1.24. The number of aliphatic carboxylic acids is 1. The maximum atomic E-state index is 12.5. The van der Waals surface area contributed by atoms with Gasteiger partial charge in [0.25, 0.3) is 5.91 Å². The summed E-state index contributed by atoms with van der Waals surface area (Å²) in [7, 11) is 0. The van der Waals surface area contributed by atoms with Gasteiger partial charge in [-0.15, -0.1) is 0 Å². The Bertz CT molecular complexity index is 1210. The lowest BCUT2D eigenvalue weighted by molar-refractivity contribution is -0.139. The van der Waals surface area contributed by atoms with Crippen LogP contribution in [0.1, 0.15) is 39.3 Å². The van der Waals surface area contributed by atoms with E-state index in [1.165, 1.54) is 5.56 Å². The van der Waals surface area contributed by atoms with Crippen LogP contribution in [0.5, 0.6) is 0 Å². The molecule has 10 heteroatoms. The molecule has 3 aromatic rings. The minimum Gasteiger partial charge on any atom is -0.480 e. The normalized spacial score (nSPS) is 13.1. The highest BCUT2D eigenvalue weighted by Crippen LogP contribution is 2.20. The Hall–Kier alpha value is -4.34. The number of carboxylic acids is 1. The SMILES string of the molecule is O=C(N[C@@H](CNC(=O)c1cc(CCc2ccc3c(n2)NCCC3)c[nH]1)C(=O)O)OCc1ccccc1. The van der Waals surface area contributed by atoms with E-state index in [2.05, 4.69) is 32.0 Å². The lowest BCUT2D eigenvalue weighted by Crippen LogP contribution is -2.48. The smallest absolute Gasteiger partial charge is 0.408 e. The van der Waals surface area contributed by atoms with Gasteiger partial charge in [0.2, 0.25) is 0 Å². The van der Waals surface area contributed by atoms with Crippen molar-refractivity contribution >= 4 is 23.8 Å². The molecule has 4 rings (SSSR count). The maximum Gasteiger partial charge on any atom is 0.408 e. The molecule has 0 aliphatic carbocycles. The standard InChI is InChI=1S/C26H29N5O5/c32-24(29-15-22(25(33)34)31-26(35)36-16-17-5-2-1-3-6-17)21-13-18(14-28-21)8-10-20-11-9-19-7-4-12-27-23(19)30-20/h1-3,5-6,9,11,13-14,22,28H,4,7-8,10,12,15-16H2,(H,27,30)(H,29,32)(H,31,35)(H,33,34)/t22-/m0/s1. The number of anilines is 1. The maximum absolute atomic E-state index is 12.5. The Morgan fingerprint density at radius 1 is 1.08 bits per heavy atom. The molecule has 36 heavy (non-hydrogen) atoms. The molecule has 1 aliphatic rings. The first-order chi connectivity index (χ1) is 17.5. The third-order valence-electron chi connectivity index (χ3n) is 5.88. The number of nitrogens with zero attached hydrogens (tertiary/aromatic N) is 1. The highest BCUT2D eigenvalue weighted by Gasteiger charge is 2.22. The first-order valence-corrected chi connectivity index (χ1v) is 11.9.